The Morgan fingerprint density at radius 1 is 1.17 bits per heavy atom. The molecule has 1 aliphatic heterocycles. The summed E-state index contributed by atoms with van der Waals surface area (Å²) in [4.78, 5) is 40.8. The monoisotopic (exact) mass is 427 g/mol. The molecule has 0 unspecified atom stereocenters. The normalized spacial score (nSPS) is 17.2. The van der Waals surface area contributed by atoms with Crippen molar-refractivity contribution in [2.45, 2.75) is 18.6 Å². The van der Waals surface area contributed by atoms with Crippen LogP contribution < -0.4 is 15.4 Å². The zero-order chi connectivity index (χ0) is 21.5. The number of thioether (sulfide) groups is 1. The molecule has 0 spiro atoms. The maximum absolute atomic E-state index is 12.6. The van der Waals surface area contributed by atoms with E-state index in [2.05, 4.69) is 15.6 Å². The van der Waals surface area contributed by atoms with E-state index in [9.17, 15) is 14.4 Å². The van der Waals surface area contributed by atoms with E-state index >= 15 is 0 Å². The van der Waals surface area contributed by atoms with Gasteiger partial charge in [-0.15, -0.1) is 0 Å². The molecule has 1 fully saturated rings. The highest BCUT2D eigenvalue weighted by molar-refractivity contribution is 8.15. The number of carbonyl (C=O) groups is 3. The summed E-state index contributed by atoms with van der Waals surface area (Å²) in [5, 5.41) is 5.18. The summed E-state index contributed by atoms with van der Waals surface area (Å²) in [7, 11) is 1.58. The molecule has 0 bridgehead atoms. The summed E-state index contributed by atoms with van der Waals surface area (Å²) < 4.78 is 10.0. The third kappa shape index (κ3) is 5.60. The lowest BCUT2D eigenvalue weighted by Crippen LogP contribution is -2.41. The predicted molar refractivity (Wildman–Crippen MR) is 115 cm³/mol. The van der Waals surface area contributed by atoms with Crippen molar-refractivity contribution in [3.63, 3.8) is 0 Å². The molecule has 2 N–H and O–H groups in total. The van der Waals surface area contributed by atoms with Crippen molar-refractivity contribution in [2.75, 3.05) is 19.0 Å². The fourth-order valence-electron chi connectivity index (χ4n) is 2.65. The maximum Gasteiger partial charge on any atom is 0.338 e. The number of aliphatic imine (C=N–C) groups is 1. The summed E-state index contributed by atoms with van der Waals surface area (Å²) in [5.41, 5.74) is 1.55. The van der Waals surface area contributed by atoms with Crippen molar-refractivity contribution in [1.82, 2.24) is 5.32 Å². The molecule has 1 atom stereocenters. The minimum atomic E-state index is -0.625. The second kappa shape index (κ2) is 9.93. The van der Waals surface area contributed by atoms with Gasteiger partial charge in [0.2, 0.25) is 11.8 Å². The van der Waals surface area contributed by atoms with E-state index in [4.69, 9.17) is 9.47 Å². The number of amides is 2. The molecule has 8 nitrogen and oxygen atoms in total. The molecule has 1 saturated heterocycles. The highest BCUT2D eigenvalue weighted by Crippen LogP contribution is 2.26. The first-order chi connectivity index (χ1) is 14.5. The van der Waals surface area contributed by atoms with Gasteiger partial charge in [-0.05, 0) is 55.5 Å². The number of hydrogen-bond donors (Lipinski definition) is 2. The van der Waals surface area contributed by atoms with Gasteiger partial charge in [0.05, 0.1) is 25.0 Å². The second-order valence-electron chi connectivity index (χ2n) is 6.26. The number of methoxy groups -OCH3 is 1. The SMILES string of the molecule is CCOC(=O)c1ccc(NC(=O)[C@@H]2CC(=O)NC(=Nc3ccc(OC)cc3)S2)cc1. The van der Waals surface area contributed by atoms with Crippen molar-refractivity contribution in [3.8, 4) is 5.75 Å². The van der Waals surface area contributed by atoms with Gasteiger partial charge in [0.1, 0.15) is 11.0 Å². The Labute approximate surface area is 178 Å². The summed E-state index contributed by atoms with van der Waals surface area (Å²) in [6.45, 7) is 2.02. The second-order valence-corrected chi connectivity index (χ2v) is 7.45. The molecule has 2 aromatic carbocycles. The Morgan fingerprint density at radius 3 is 2.50 bits per heavy atom. The molecule has 30 heavy (non-hydrogen) atoms. The van der Waals surface area contributed by atoms with E-state index < -0.39 is 11.2 Å². The van der Waals surface area contributed by atoms with Gasteiger partial charge >= 0.3 is 5.97 Å². The van der Waals surface area contributed by atoms with Gasteiger partial charge in [0, 0.05) is 12.1 Å². The molecule has 2 aromatic rings. The molecule has 0 aliphatic carbocycles. The van der Waals surface area contributed by atoms with Gasteiger partial charge in [0.25, 0.3) is 0 Å². The number of anilines is 1. The van der Waals surface area contributed by atoms with Crippen molar-refractivity contribution in [2.24, 2.45) is 4.99 Å². The molecule has 156 valence electrons. The molecular weight excluding hydrogens is 406 g/mol. The first-order valence-corrected chi connectivity index (χ1v) is 10.1. The summed E-state index contributed by atoms with van der Waals surface area (Å²) >= 11 is 1.18. The highest BCUT2D eigenvalue weighted by atomic mass is 32.2. The van der Waals surface area contributed by atoms with Crippen LogP contribution in [0, 0.1) is 0 Å². The van der Waals surface area contributed by atoms with Crippen molar-refractivity contribution < 1.29 is 23.9 Å². The molecule has 9 heteroatoms. The highest BCUT2D eigenvalue weighted by Gasteiger charge is 2.30. The van der Waals surface area contributed by atoms with Gasteiger partial charge < -0.3 is 20.1 Å². The smallest absolute Gasteiger partial charge is 0.338 e. The van der Waals surface area contributed by atoms with Crippen LogP contribution in [0.3, 0.4) is 0 Å². The van der Waals surface area contributed by atoms with Crippen LogP contribution in [0.1, 0.15) is 23.7 Å². The van der Waals surface area contributed by atoms with Gasteiger partial charge in [-0.25, -0.2) is 9.79 Å². The number of esters is 1. The fraction of sp³-hybridized carbons (Fsp3) is 0.238. The van der Waals surface area contributed by atoms with Crippen molar-refractivity contribution >= 4 is 46.1 Å². The average Bonchev–Trinajstić information content (AvgIpc) is 2.74. The Morgan fingerprint density at radius 2 is 1.87 bits per heavy atom. The molecule has 0 radical (unpaired) electrons. The number of nitrogens with zero attached hydrogens (tertiary/aromatic N) is 1. The van der Waals surface area contributed by atoms with Crippen LogP contribution in [-0.2, 0) is 14.3 Å². The molecule has 2 amide bonds. The Bertz CT molecular complexity index is 958. The third-order valence-corrected chi connectivity index (χ3v) is 5.21. The fourth-order valence-corrected chi connectivity index (χ4v) is 3.65. The number of rotatable bonds is 6. The largest absolute Gasteiger partial charge is 0.497 e. The van der Waals surface area contributed by atoms with E-state index in [-0.39, 0.29) is 18.2 Å². The Hall–Kier alpha value is -3.33. The van der Waals surface area contributed by atoms with Crippen LogP contribution in [0.2, 0.25) is 0 Å². The summed E-state index contributed by atoms with van der Waals surface area (Å²) in [5.74, 6) is -0.320. The van der Waals surface area contributed by atoms with Crippen LogP contribution in [-0.4, -0.2) is 41.9 Å². The zero-order valence-electron chi connectivity index (χ0n) is 16.5. The topological polar surface area (TPSA) is 106 Å². The molecule has 1 aliphatic rings. The number of nitrogens with one attached hydrogen (secondary N) is 2. The number of carbonyl (C=O) groups excluding carboxylic acids is 3. The van der Waals surface area contributed by atoms with Crippen molar-refractivity contribution in [1.29, 1.82) is 0 Å². The summed E-state index contributed by atoms with van der Waals surface area (Å²) in [6, 6.07) is 13.4. The third-order valence-electron chi connectivity index (χ3n) is 4.13. The van der Waals surface area contributed by atoms with Gasteiger partial charge in [0.15, 0.2) is 5.17 Å². The van der Waals surface area contributed by atoms with Crippen LogP contribution in [0.5, 0.6) is 5.75 Å². The Kier molecular flexibility index (Phi) is 7.08. The molecule has 0 aromatic heterocycles. The first-order valence-electron chi connectivity index (χ1n) is 9.25. The zero-order valence-corrected chi connectivity index (χ0v) is 17.3. The quantitative estimate of drug-likeness (QED) is 0.686. The number of hydrogen-bond acceptors (Lipinski definition) is 7. The van der Waals surface area contributed by atoms with E-state index in [0.717, 1.165) is 0 Å². The maximum atomic E-state index is 12.6. The van der Waals surface area contributed by atoms with Gasteiger partial charge in [-0.3, -0.25) is 9.59 Å². The van der Waals surface area contributed by atoms with Gasteiger partial charge in [-0.2, -0.15) is 0 Å². The van der Waals surface area contributed by atoms with Crippen LogP contribution in [0.15, 0.2) is 53.5 Å². The van der Waals surface area contributed by atoms with E-state index in [1.165, 1.54) is 11.8 Å². The summed E-state index contributed by atoms with van der Waals surface area (Å²) in [6.07, 6.45) is 0.0407. The van der Waals surface area contributed by atoms with Crippen LogP contribution in [0.4, 0.5) is 11.4 Å². The van der Waals surface area contributed by atoms with E-state index in [0.29, 0.717) is 34.5 Å². The number of ether oxygens (including phenoxy) is 2. The van der Waals surface area contributed by atoms with Gasteiger partial charge in [-0.1, -0.05) is 11.8 Å². The average molecular weight is 427 g/mol. The minimum Gasteiger partial charge on any atom is -0.497 e. The number of amidine groups is 1. The minimum absolute atomic E-state index is 0.0407. The van der Waals surface area contributed by atoms with E-state index in [1.807, 2.05) is 0 Å². The van der Waals surface area contributed by atoms with Crippen LogP contribution >= 0.6 is 11.8 Å². The molecular formula is C21H21N3O5S. The van der Waals surface area contributed by atoms with E-state index in [1.54, 1.807) is 62.6 Å². The van der Waals surface area contributed by atoms with Crippen LogP contribution in [0.25, 0.3) is 0 Å². The Balaban J connectivity index is 1.65. The first kappa shape index (κ1) is 21.4. The molecule has 0 saturated carbocycles. The lowest BCUT2D eigenvalue weighted by Gasteiger charge is -2.22. The molecule has 1 heterocycles. The lowest BCUT2D eigenvalue weighted by atomic mass is 10.2. The predicted octanol–water partition coefficient (Wildman–Crippen LogP) is 3.12. The van der Waals surface area contributed by atoms with Crippen molar-refractivity contribution in [3.05, 3.63) is 54.1 Å². The molecule has 3 rings (SSSR count). The number of benzene rings is 2. The standard InChI is InChI=1S/C21H21N3O5S/c1-3-29-20(27)13-4-6-14(7-5-13)22-19(26)17-12-18(25)24-21(30-17)23-15-8-10-16(28-2)11-9-15/h4-11,17H,3,12H2,1-2H3,(H,22,26)(H,23,24,25)/t17-/m0/s1. The lowest BCUT2D eigenvalue weighted by molar-refractivity contribution is -0.123.